The Bertz CT molecular complexity index is 3430. The Morgan fingerprint density at radius 2 is 0.807 bits per heavy atom. The lowest BCUT2D eigenvalue weighted by atomic mass is 9.99. The monoisotopic (exact) mass is 727 g/mol. The van der Waals surface area contributed by atoms with Gasteiger partial charge in [0.1, 0.15) is 11.2 Å². The van der Waals surface area contributed by atoms with Gasteiger partial charge in [0.2, 0.25) is 0 Å². The first-order chi connectivity index (χ1) is 28.3. The van der Waals surface area contributed by atoms with Crippen LogP contribution in [0.4, 0.5) is 0 Å². The highest BCUT2D eigenvalue weighted by Gasteiger charge is 2.27. The van der Waals surface area contributed by atoms with E-state index in [1.807, 2.05) is 12.1 Å². The van der Waals surface area contributed by atoms with Gasteiger partial charge in [-0.15, -0.1) is 0 Å². The van der Waals surface area contributed by atoms with E-state index < -0.39 is 0 Å². The Morgan fingerprint density at radius 3 is 1.40 bits per heavy atom. The maximum Gasteiger partial charge on any atom is 0.147 e. The Kier molecular flexibility index (Phi) is 6.89. The summed E-state index contributed by atoms with van der Waals surface area (Å²) in [7, 11) is 0. The van der Waals surface area contributed by atoms with Crippen LogP contribution in [-0.4, -0.2) is 14.1 Å². The summed E-state index contributed by atoms with van der Waals surface area (Å²) in [6.07, 6.45) is 0. The Morgan fingerprint density at radius 1 is 0.351 bits per heavy atom. The van der Waals surface area contributed by atoms with Gasteiger partial charge in [-0.3, -0.25) is 0 Å². The largest absolute Gasteiger partial charge is 0.455 e. The topological polar surface area (TPSA) is 35.9 Å². The van der Waals surface area contributed by atoms with Gasteiger partial charge in [-0.05, 0) is 65.7 Å². The quantitative estimate of drug-likeness (QED) is 0.177. The van der Waals surface area contributed by atoms with Gasteiger partial charge in [-0.2, -0.15) is 0 Å². The van der Waals surface area contributed by atoms with E-state index in [1.54, 1.807) is 0 Å². The number of furan rings is 1. The van der Waals surface area contributed by atoms with Gasteiger partial charge in [-0.25, -0.2) is 4.98 Å². The molecule has 4 nitrogen and oxygen atoms in total. The molecule has 0 bridgehead atoms. The number of fused-ring (bicyclic) bond motifs is 12. The molecule has 0 saturated heterocycles. The number of hydrogen-bond acceptors (Lipinski definition) is 2. The van der Waals surface area contributed by atoms with Gasteiger partial charge < -0.3 is 13.6 Å². The van der Waals surface area contributed by atoms with Gasteiger partial charge in [0.05, 0.1) is 44.2 Å². The van der Waals surface area contributed by atoms with Crippen molar-refractivity contribution in [3.05, 3.63) is 200 Å². The molecule has 0 aliphatic heterocycles. The first-order valence-electron chi connectivity index (χ1n) is 19.4. The minimum absolute atomic E-state index is 0.884. The van der Waals surface area contributed by atoms with Crippen LogP contribution in [-0.2, 0) is 0 Å². The summed E-state index contributed by atoms with van der Waals surface area (Å²) in [4.78, 5) is 5.13. The van der Waals surface area contributed by atoms with E-state index in [1.165, 1.54) is 10.8 Å². The zero-order valence-corrected chi connectivity index (χ0v) is 30.8. The Balaban J connectivity index is 1.16. The number of rotatable bonds is 5. The van der Waals surface area contributed by atoms with Gasteiger partial charge in [0, 0.05) is 44.0 Å². The fraction of sp³-hybridized carbons (Fsp3) is 0. The average Bonchev–Trinajstić information content (AvgIpc) is 3.95. The van der Waals surface area contributed by atoms with Crippen molar-refractivity contribution in [1.29, 1.82) is 0 Å². The second kappa shape index (κ2) is 12.4. The van der Waals surface area contributed by atoms with Gasteiger partial charge in [0.25, 0.3) is 0 Å². The van der Waals surface area contributed by atoms with Crippen LogP contribution >= 0.6 is 0 Å². The molecule has 0 atom stereocenters. The Labute approximate surface area is 328 Å². The van der Waals surface area contributed by atoms with E-state index >= 15 is 0 Å². The molecule has 4 heterocycles. The summed E-state index contributed by atoms with van der Waals surface area (Å²) in [6.45, 7) is 0. The van der Waals surface area contributed by atoms with Gasteiger partial charge in [0.15, 0.2) is 0 Å². The highest BCUT2D eigenvalue weighted by atomic mass is 16.3. The molecule has 266 valence electrons. The maximum absolute atomic E-state index is 6.96. The zero-order chi connectivity index (χ0) is 37.5. The summed E-state index contributed by atoms with van der Waals surface area (Å²) in [5, 5.41) is 6.94. The highest BCUT2D eigenvalue weighted by molar-refractivity contribution is 6.39. The predicted octanol–water partition coefficient (Wildman–Crippen LogP) is 14.2. The van der Waals surface area contributed by atoms with E-state index in [-0.39, 0.29) is 0 Å². The molecule has 57 heavy (non-hydrogen) atoms. The number of hydrogen-bond donors (Lipinski definition) is 0. The van der Waals surface area contributed by atoms with Gasteiger partial charge >= 0.3 is 0 Å². The number of aromatic nitrogens is 3. The molecule has 0 amide bonds. The first-order valence-corrected chi connectivity index (χ1v) is 19.4. The Hall–Kier alpha value is -7.69. The molecular weight excluding hydrogens is 695 g/mol. The highest BCUT2D eigenvalue weighted by Crippen LogP contribution is 2.49. The van der Waals surface area contributed by atoms with Crippen LogP contribution in [0.3, 0.4) is 0 Å². The third kappa shape index (κ3) is 4.77. The molecule has 4 aromatic heterocycles. The van der Waals surface area contributed by atoms with E-state index in [4.69, 9.17) is 9.40 Å². The number of para-hydroxylation sites is 4. The van der Waals surface area contributed by atoms with Crippen molar-refractivity contribution in [1.82, 2.24) is 14.1 Å². The van der Waals surface area contributed by atoms with Gasteiger partial charge in [-0.1, -0.05) is 146 Å². The molecule has 0 saturated carbocycles. The molecule has 0 spiro atoms. The third-order valence-corrected chi connectivity index (χ3v) is 11.5. The molecule has 12 aromatic rings. The van der Waals surface area contributed by atoms with Crippen LogP contribution in [0.25, 0.3) is 111 Å². The van der Waals surface area contributed by atoms with Crippen molar-refractivity contribution in [3.63, 3.8) is 0 Å². The fourth-order valence-corrected chi connectivity index (χ4v) is 9.01. The minimum Gasteiger partial charge on any atom is -0.455 e. The van der Waals surface area contributed by atoms with E-state index in [0.29, 0.717) is 0 Å². The predicted molar refractivity (Wildman–Crippen MR) is 237 cm³/mol. The lowest BCUT2D eigenvalue weighted by Crippen LogP contribution is -1.96. The summed E-state index contributed by atoms with van der Waals surface area (Å²) < 4.78 is 11.8. The molecule has 4 heteroatoms. The van der Waals surface area contributed by atoms with Crippen LogP contribution < -0.4 is 0 Å². The van der Waals surface area contributed by atoms with Crippen LogP contribution in [0, 0.1) is 0 Å². The smallest absolute Gasteiger partial charge is 0.147 e. The number of nitrogens with zero attached hydrogens (tertiary/aromatic N) is 3. The van der Waals surface area contributed by atoms with Crippen molar-refractivity contribution in [2.45, 2.75) is 0 Å². The van der Waals surface area contributed by atoms with Crippen molar-refractivity contribution in [3.8, 4) is 45.0 Å². The summed E-state index contributed by atoms with van der Waals surface area (Å²) in [5.74, 6) is 0. The number of benzene rings is 8. The number of pyridine rings is 1. The van der Waals surface area contributed by atoms with Crippen molar-refractivity contribution >= 4 is 65.6 Å². The van der Waals surface area contributed by atoms with Crippen LogP contribution in [0.2, 0.25) is 0 Å². The normalized spacial score (nSPS) is 11.9. The molecule has 0 N–H and O–H groups in total. The van der Waals surface area contributed by atoms with Crippen molar-refractivity contribution < 1.29 is 4.42 Å². The molecule has 0 unspecified atom stereocenters. The summed E-state index contributed by atoms with van der Waals surface area (Å²) in [5.41, 5.74) is 14.9. The molecule has 0 fully saturated rings. The molecule has 8 aromatic carbocycles. The standard InChI is InChI=1S/C53H33N3O/c1-4-16-35(17-5-1)43-32-37(33-44(54-43)36-18-6-2-7-19-36)34-28-30-39(31-29-34)56-46-26-14-11-23-41(46)49-51(56)48-40-22-10-13-25-45(40)55(38-20-8-3-9-21-38)52(48)50-42-24-12-15-27-47(42)57-53(49)50/h1-33H. The van der Waals surface area contributed by atoms with Crippen LogP contribution in [0.15, 0.2) is 205 Å². The van der Waals surface area contributed by atoms with Crippen molar-refractivity contribution in [2.75, 3.05) is 0 Å². The van der Waals surface area contributed by atoms with E-state index in [2.05, 4.69) is 197 Å². The SMILES string of the molecule is c1ccc(-c2cc(-c3ccc(-n4c5ccccc5c5c6oc7ccccc7c6c6c(c7ccccc7n6-c6ccccc6)c54)cc3)cc(-c3ccccc3)n2)cc1. The second-order valence-corrected chi connectivity index (χ2v) is 14.7. The first kappa shape index (κ1) is 31.6. The van der Waals surface area contributed by atoms with Crippen LogP contribution in [0.1, 0.15) is 0 Å². The molecule has 12 rings (SSSR count). The fourth-order valence-electron chi connectivity index (χ4n) is 9.01. The van der Waals surface area contributed by atoms with Crippen molar-refractivity contribution in [2.24, 2.45) is 0 Å². The van der Waals surface area contributed by atoms with E-state index in [0.717, 1.165) is 99.8 Å². The molecule has 0 aliphatic rings. The lowest BCUT2D eigenvalue weighted by Gasteiger charge is -2.13. The molecular formula is C53H33N3O. The zero-order valence-electron chi connectivity index (χ0n) is 30.8. The third-order valence-electron chi connectivity index (χ3n) is 11.5. The summed E-state index contributed by atoms with van der Waals surface area (Å²) >= 11 is 0. The minimum atomic E-state index is 0.884. The van der Waals surface area contributed by atoms with E-state index in [9.17, 15) is 0 Å². The average molecular weight is 728 g/mol. The molecule has 0 aliphatic carbocycles. The van der Waals surface area contributed by atoms with Crippen LogP contribution in [0.5, 0.6) is 0 Å². The second-order valence-electron chi connectivity index (χ2n) is 14.7. The molecule has 0 radical (unpaired) electrons. The summed E-state index contributed by atoms with van der Waals surface area (Å²) in [6, 6.07) is 71.0. The lowest BCUT2D eigenvalue weighted by molar-refractivity contribution is 0.673. The maximum atomic E-state index is 6.96.